The number of rotatable bonds is 7. The standard InChI is InChI=1S/C17H20N2O2/c1-21-16-10-4-3-9-15(16)18-17(20)11-5-8-14-19-12-6-2-7-13-19/h2-4,6-7,9-10,12-13H,5,8,11,14H2,1H3/p+1. The lowest BCUT2D eigenvalue weighted by Gasteiger charge is -2.09. The second-order valence-electron chi connectivity index (χ2n) is 4.82. The second-order valence-corrected chi connectivity index (χ2v) is 4.82. The van der Waals surface area contributed by atoms with E-state index in [1.165, 1.54) is 0 Å². The van der Waals surface area contributed by atoms with Crippen molar-refractivity contribution in [2.24, 2.45) is 0 Å². The largest absolute Gasteiger partial charge is 0.495 e. The topological polar surface area (TPSA) is 42.2 Å². The van der Waals surface area contributed by atoms with Crippen molar-refractivity contribution in [2.75, 3.05) is 12.4 Å². The van der Waals surface area contributed by atoms with Gasteiger partial charge in [-0.1, -0.05) is 18.2 Å². The van der Waals surface area contributed by atoms with Crippen LogP contribution in [0.15, 0.2) is 54.9 Å². The van der Waals surface area contributed by atoms with Crippen LogP contribution in [0.1, 0.15) is 19.3 Å². The zero-order chi connectivity index (χ0) is 14.9. The van der Waals surface area contributed by atoms with Crippen molar-refractivity contribution in [2.45, 2.75) is 25.8 Å². The first kappa shape index (κ1) is 15.0. The first-order valence-corrected chi connectivity index (χ1v) is 7.16. The Morgan fingerprint density at radius 1 is 1.10 bits per heavy atom. The Kier molecular flexibility index (Phi) is 5.76. The maximum atomic E-state index is 11.9. The van der Waals surface area contributed by atoms with Crippen molar-refractivity contribution in [3.63, 3.8) is 0 Å². The molecule has 110 valence electrons. The molecule has 0 saturated carbocycles. The molecular weight excluding hydrogens is 264 g/mol. The van der Waals surface area contributed by atoms with Crippen molar-refractivity contribution in [3.05, 3.63) is 54.9 Å². The molecule has 1 heterocycles. The molecule has 1 amide bonds. The van der Waals surface area contributed by atoms with Gasteiger partial charge in [-0.05, 0) is 18.6 Å². The summed E-state index contributed by atoms with van der Waals surface area (Å²) >= 11 is 0. The van der Waals surface area contributed by atoms with Crippen LogP contribution in [0.25, 0.3) is 0 Å². The van der Waals surface area contributed by atoms with Gasteiger partial charge >= 0.3 is 0 Å². The van der Waals surface area contributed by atoms with Crippen molar-refractivity contribution in [1.29, 1.82) is 0 Å². The summed E-state index contributed by atoms with van der Waals surface area (Å²) < 4.78 is 7.33. The summed E-state index contributed by atoms with van der Waals surface area (Å²) in [6, 6.07) is 13.5. The number of carbonyl (C=O) groups excluding carboxylic acids is 1. The molecule has 2 aromatic rings. The average Bonchev–Trinajstić information content (AvgIpc) is 2.53. The number of ether oxygens (including phenoxy) is 1. The monoisotopic (exact) mass is 285 g/mol. The third kappa shape index (κ3) is 4.91. The van der Waals surface area contributed by atoms with Crippen LogP contribution in [0.2, 0.25) is 0 Å². The SMILES string of the molecule is COc1ccccc1NC(=O)CCCC[n+]1ccccc1. The maximum Gasteiger partial charge on any atom is 0.224 e. The van der Waals surface area contributed by atoms with Gasteiger partial charge in [0.15, 0.2) is 12.4 Å². The van der Waals surface area contributed by atoms with E-state index in [9.17, 15) is 4.79 Å². The highest BCUT2D eigenvalue weighted by molar-refractivity contribution is 5.92. The van der Waals surface area contributed by atoms with Gasteiger partial charge in [-0.15, -0.1) is 0 Å². The number of unbranched alkanes of at least 4 members (excludes halogenated alkanes) is 1. The summed E-state index contributed by atoms with van der Waals surface area (Å²) in [7, 11) is 1.60. The molecule has 1 aromatic carbocycles. The molecule has 0 fully saturated rings. The van der Waals surface area contributed by atoms with Gasteiger partial charge in [0.25, 0.3) is 0 Å². The normalized spacial score (nSPS) is 10.1. The number of para-hydroxylation sites is 2. The molecule has 0 saturated heterocycles. The van der Waals surface area contributed by atoms with Crippen molar-refractivity contribution >= 4 is 11.6 Å². The maximum absolute atomic E-state index is 11.9. The van der Waals surface area contributed by atoms with E-state index in [0.717, 1.165) is 25.1 Å². The number of nitrogens with one attached hydrogen (secondary N) is 1. The quantitative estimate of drug-likeness (QED) is 0.628. The molecule has 1 N–H and O–H groups in total. The van der Waals surface area contributed by atoms with Gasteiger partial charge in [0.1, 0.15) is 12.3 Å². The molecule has 0 unspecified atom stereocenters. The zero-order valence-electron chi connectivity index (χ0n) is 12.3. The first-order chi connectivity index (χ1) is 10.3. The summed E-state index contributed by atoms with van der Waals surface area (Å²) in [5.41, 5.74) is 0.724. The van der Waals surface area contributed by atoms with Gasteiger partial charge in [-0.3, -0.25) is 4.79 Å². The van der Waals surface area contributed by atoms with Crippen LogP contribution >= 0.6 is 0 Å². The number of benzene rings is 1. The Morgan fingerprint density at radius 2 is 1.86 bits per heavy atom. The van der Waals surface area contributed by atoms with E-state index in [0.29, 0.717) is 12.2 Å². The molecule has 2 rings (SSSR count). The van der Waals surface area contributed by atoms with E-state index >= 15 is 0 Å². The fourth-order valence-corrected chi connectivity index (χ4v) is 2.12. The lowest BCUT2D eigenvalue weighted by molar-refractivity contribution is -0.697. The minimum absolute atomic E-state index is 0.0255. The first-order valence-electron chi connectivity index (χ1n) is 7.16. The number of aryl methyl sites for hydroxylation is 1. The fourth-order valence-electron chi connectivity index (χ4n) is 2.12. The summed E-state index contributed by atoms with van der Waals surface area (Å²) in [5, 5.41) is 2.89. The number of hydrogen-bond acceptors (Lipinski definition) is 2. The summed E-state index contributed by atoms with van der Waals surface area (Å²) in [4.78, 5) is 11.9. The van der Waals surface area contributed by atoms with E-state index in [-0.39, 0.29) is 5.91 Å². The molecule has 0 bridgehead atoms. The molecule has 0 spiro atoms. The smallest absolute Gasteiger partial charge is 0.224 e. The molecular formula is C17H21N2O2+. The number of methoxy groups -OCH3 is 1. The minimum atomic E-state index is 0.0255. The fraction of sp³-hybridized carbons (Fsp3) is 0.294. The summed E-state index contributed by atoms with van der Waals surface area (Å²) in [5.74, 6) is 0.711. The summed E-state index contributed by atoms with van der Waals surface area (Å²) in [6.07, 6.45) is 6.44. The number of nitrogens with zero attached hydrogens (tertiary/aromatic N) is 1. The van der Waals surface area contributed by atoms with E-state index in [1.54, 1.807) is 7.11 Å². The molecule has 0 aliphatic heterocycles. The Bertz CT molecular complexity index is 570. The Labute approximate surface area is 125 Å². The van der Waals surface area contributed by atoms with Crippen LogP contribution in [0.5, 0.6) is 5.75 Å². The van der Waals surface area contributed by atoms with Crippen LogP contribution in [0.3, 0.4) is 0 Å². The van der Waals surface area contributed by atoms with E-state index in [2.05, 4.69) is 9.88 Å². The molecule has 21 heavy (non-hydrogen) atoms. The van der Waals surface area contributed by atoms with Crippen molar-refractivity contribution in [1.82, 2.24) is 0 Å². The number of aromatic nitrogens is 1. The molecule has 0 aliphatic rings. The van der Waals surface area contributed by atoms with Gasteiger partial charge in [-0.2, -0.15) is 0 Å². The van der Waals surface area contributed by atoms with Crippen LogP contribution in [-0.2, 0) is 11.3 Å². The van der Waals surface area contributed by atoms with Crippen molar-refractivity contribution < 1.29 is 14.1 Å². The van der Waals surface area contributed by atoms with Gasteiger partial charge in [0, 0.05) is 25.0 Å². The summed E-state index contributed by atoms with van der Waals surface area (Å²) in [6.45, 7) is 0.933. The molecule has 0 radical (unpaired) electrons. The Hall–Kier alpha value is -2.36. The Morgan fingerprint density at radius 3 is 2.62 bits per heavy atom. The van der Waals surface area contributed by atoms with E-state index in [4.69, 9.17) is 4.74 Å². The number of amides is 1. The number of anilines is 1. The minimum Gasteiger partial charge on any atom is -0.495 e. The highest BCUT2D eigenvalue weighted by Gasteiger charge is 2.07. The average molecular weight is 285 g/mol. The Balaban J connectivity index is 1.72. The van der Waals surface area contributed by atoms with Crippen LogP contribution in [-0.4, -0.2) is 13.0 Å². The van der Waals surface area contributed by atoms with Crippen molar-refractivity contribution in [3.8, 4) is 5.75 Å². The second kappa shape index (κ2) is 8.04. The third-order valence-corrected chi connectivity index (χ3v) is 3.23. The number of pyridine rings is 1. The zero-order valence-corrected chi connectivity index (χ0v) is 12.3. The highest BCUT2D eigenvalue weighted by Crippen LogP contribution is 2.23. The molecule has 1 aromatic heterocycles. The van der Waals surface area contributed by atoms with E-state index < -0.39 is 0 Å². The lowest BCUT2D eigenvalue weighted by atomic mass is 10.2. The predicted octanol–water partition coefficient (Wildman–Crippen LogP) is 2.79. The molecule has 4 nitrogen and oxygen atoms in total. The van der Waals surface area contributed by atoms with Gasteiger partial charge in [0.05, 0.1) is 12.8 Å². The third-order valence-electron chi connectivity index (χ3n) is 3.23. The number of carbonyl (C=O) groups is 1. The lowest BCUT2D eigenvalue weighted by Crippen LogP contribution is -2.32. The molecule has 0 aliphatic carbocycles. The molecule has 4 heteroatoms. The number of hydrogen-bond donors (Lipinski definition) is 1. The highest BCUT2D eigenvalue weighted by atomic mass is 16.5. The van der Waals surface area contributed by atoms with Gasteiger partial charge in [0.2, 0.25) is 5.91 Å². The van der Waals surface area contributed by atoms with Gasteiger partial charge in [-0.25, -0.2) is 4.57 Å². The van der Waals surface area contributed by atoms with Crippen LogP contribution in [0, 0.1) is 0 Å². The van der Waals surface area contributed by atoms with Crippen LogP contribution in [0.4, 0.5) is 5.69 Å². The predicted molar refractivity (Wildman–Crippen MR) is 82.1 cm³/mol. The van der Waals surface area contributed by atoms with Gasteiger partial charge < -0.3 is 10.1 Å². The molecule has 0 atom stereocenters. The van der Waals surface area contributed by atoms with E-state index in [1.807, 2.05) is 54.9 Å². The van der Waals surface area contributed by atoms with Crippen LogP contribution < -0.4 is 14.6 Å².